The third-order valence-corrected chi connectivity index (χ3v) is 4.00. The molecule has 0 heterocycles. The average Bonchev–Trinajstić information content (AvgIpc) is 2.53. The van der Waals surface area contributed by atoms with Crippen molar-refractivity contribution in [3.05, 3.63) is 69.9 Å². The van der Waals surface area contributed by atoms with Crippen LogP contribution in [0.4, 0.5) is 4.39 Å². The first-order chi connectivity index (χ1) is 11.0. The summed E-state index contributed by atoms with van der Waals surface area (Å²) in [5.41, 5.74) is 0.848. The largest absolute Gasteiger partial charge is 0.348 e. The lowest BCUT2D eigenvalue weighted by Crippen LogP contribution is -2.38. The van der Waals surface area contributed by atoms with E-state index in [1.165, 1.54) is 18.2 Å². The lowest BCUT2D eigenvalue weighted by molar-refractivity contribution is -0.120. The van der Waals surface area contributed by atoms with Gasteiger partial charge in [0.25, 0.3) is 5.91 Å². The monoisotopic (exact) mass is 378 g/mol. The number of carbonyl (C=O) groups excluding carboxylic acids is 2. The second-order valence-corrected chi connectivity index (χ2v) is 5.83. The molecule has 120 valence electrons. The third-order valence-electron chi connectivity index (χ3n) is 3.28. The quantitative estimate of drug-likeness (QED) is 0.839. The molecule has 0 radical (unpaired) electrons. The summed E-state index contributed by atoms with van der Waals surface area (Å²) in [6.45, 7) is 1.62. The molecule has 2 aromatic rings. The van der Waals surface area contributed by atoms with Gasteiger partial charge in [-0.1, -0.05) is 46.3 Å². The Morgan fingerprint density at radius 3 is 2.48 bits per heavy atom. The van der Waals surface area contributed by atoms with Gasteiger partial charge in [-0.05, 0) is 30.7 Å². The van der Waals surface area contributed by atoms with Crippen molar-refractivity contribution in [3.63, 3.8) is 0 Å². The predicted molar refractivity (Wildman–Crippen MR) is 89.4 cm³/mol. The normalized spacial score (nSPS) is 11.6. The second-order valence-electron chi connectivity index (χ2n) is 4.97. The van der Waals surface area contributed by atoms with Gasteiger partial charge < -0.3 is 10.6 Å². The van der Waals surface area contributed by atoms with E-state index in [1.807, 2.05) is 31.2 Å². The Morgan fingerprint density at radius 1 is 1.13 bits per heavy atom. The van der Waals surface area contributed by atoms with E-state index in [4.69, 9.17) is 0 Å². The number of halogens is 2. The van der Waals surface area contributed by atoms with Crippen molar-refractivity contribution < 1.29 is 14.0 Å². The molecule has 0 unspecified atom stereocenters. The van der Waals surface area contributed by atoms with Crippen LogP contribution in [-0.2, 0) is 4.79 Å². The minimum Gasteiger partial charge on any atom is -0.348 e. The molecular weight excluding hydrogens is 363 g/mol. The third kappa shape index (κ3) is 4.63. The van der Waals surface area contributed by atoms with Gasteiger partial charge in [-0.25, -0.2) is 4.39 Å². The van der Waals surface area contributed by atoms with Crippen molar-refractivity contribution in [1.29, 1.82) is 0 Å². The molecule has 0 bridgehead atoms. The maximum absolute atomic E-state index is 13.5. The number of rotatable bonds is 5. The van der Waals surface area contributed by atoms with Crippen molar-refractivity contribution >= 4 is 27.7 Å². The van der Waals surface area contributed by atoms with Gasteiger partial charge in [0, 0.05) is 4.47 Å². The summed E-state index contributed by atoms with van der Waals surface area (Å²) in [4.78, 5) is 23.8. The fourth-order valence-electron chi connectivity index (χ4n) is 2.10. The van der Waals surface area contributed by atoms with Gasteiger partial charge in [-0.3, -0.25) is 9.59 Å². The average molecular weight is 379 g/mol. The Balaban J connectivity index is 1.89. The summed E-state index contributed by atoms with van der Waals surface area (Å²) < 4.78 is 14.4. The minimum absolute atomic E-state index is 0.0841. The van der Waals surface area contributed by atoms with Crippen molar-refractivity contribution in [2.75, 3.05) is 6.54 Å². The zero-order valence-corrected chi connectivity index (χ0v) is 14.1. The van der Waals surface area contributed by atoms with Gasteiger partial charge >= 0.3 is 0 Å². The lowest BCUT2D eigenvalue weighted by atomic mass is 10.1. The molecule has 6 heteroatoms. The van der Waals surface area contributed by atoms with E-state index in [9.17, 15) is 14.0 Å². The summed E-state index contributed by atoms with van der Waals surface area (Å²) in [7, 11) is 0. The molecule has 0 aliphatic heterocycles. The Bertz CT molecular complexity index is 721. The van der Waals surface area contributed by atoms with Crippen LogP contribution in [0, 0.1) is 5.82 Å². The van der Waals surface area contributed by atoms with E-state index in [2.05, 4.69) is 26.6 Å². The maximum atomic E-state index is 13.5. The molecule has 0 saturated carbocycles. The van der Waals surface area contributed by atoms with Gasteiger partial charge in [0.2, 0.25) is 5.91 Å². The van der Waals surface area contributed by atoms with Crippen molar-refractivity contribution in [1.82, 2.24) is 10.6 Å². The van der Waals surface area contributed by atoms with E-state index >= 15 is 0 Å². The highest BCUT2D eigenvalue weighted by molar-refractivity contribution is 9.10. The molecule has 0 saturated heterocycles. The number of carbonyl (C=O) groups is 2. The van der Waals surface area contributed by atoms with Gasteiger partial charge in [-0.15, -0.1) is 0 Å². The Kier molecular flexibility index (Phi) is 5.87. The zero-order valence-electron chi connectivity index (χ0n) is 12.5. The lowest BCUT2D eigenvalue weighted by Gasteiger charge is -2.16. The zero-order chi connectivity index (χ0) is 16.8. The van der Waals surface area contributed by atoms with E-state index in [0.29, 0.717) is 0 Å². The van der Waals surface area contributed by atoms with Gasteiger partial charge in [0.15, 0.2) is 0 Å². The summed E-state index contributed by atoms with van der Waals surface area (Å²) in [6, 6.07) is 13.0. The fourth-order valence-corrected chi connectivity index (χ4v) is 2.73. The van der Waals surface area contributed by atoms with E-state index in [-0.39, 0.29) is 24.1 Å². The summed E-state index contributed by atoms with van der Waals surface area (Å²) >= 11 is 3.42. The topological polar surface area (TPSA) is 58.2 Å². The SMILES string of the molecule is C[C@@H](NC(=O)CNC(=O)c1ccccc1F)c1ccccc1Br. The number of amides is 2. The number of hydrogen-bond donors (Lipinski definition) is 2. The molecule has 2 aromatic carbocycles. The molecule has 4 nitrogen and oxygen atoms in total. The number of benzene rings is 2. The molecule has 2 rings (SSSR count). The summed E-state index contributed by atoms with van der Waals surface area (Å²) in [6.07, 6.45) is 0. The molecule has 1 atom stereocenters. The van der Waals surface area contributed by atoms with E-state index in [0.717, 1.165) is 10.0 Å². The fraction of sp³-hybridized carbons (Fsp3) is 0.176. The van der Waals surface area contributed by atoms with Crippen LogP contribution in [0.15, 0.2) is 53.0 Å². The van der Waals surface area contributed by atoms with Crippen LogP contribution in [0.3, 0.4) is 0 Å². The van der Waals surface area contributed by atoms with Gasteiger partial charge in [-0.2, -0.15) is 0 Å². The standard InChI is InChI=1S/C17H16BrFN2O2/c1-11(12-6-2-4-8-14(12)18)21-16(22)10-20-17(23)13-7-3-5-9-15(13)19/h2-9,11H,10H2,1H3,(H,20,23)(H,21,22)/t11-/m1/s1. The van der Waals surface area contributed by atoms with Crippen LogP contribution in [-0.4, -0.2) is 18.4 Å². The highest BCUT2D eigenvalue weighted by Gasteiger charge is 2.14. The van der Waals surface area contributed by atoms with Gasteiger partial charge in [0.1, 0.15) is 5.82 Å². The Morgan fingerprint density at radius 2 is 1.78 bits per heavy atom. The number of hydrogen-bond acceptors (Lipinski definition) is 2. The van der Waals surface area contributed by atoms with Crippen LogP contribution in [0.25, 0.3) is 0 Å². The van der Waals surface area contributed by atoms with Crippen LogP contribution in [0.1, 0.15) is 28.9 Å². The van der Waals surface area contributed by atoms with Crippen LogP contribution < -0.4 is 10.6 Å². The van der Waals surface area contributed by atoms with Crippen LogP contribution >= 0.6 is 15.9 Å². The first-order valence-electron chi connectivity index (χ1n) is 7.05. The Labute approximate surface area is 142 Å². The molecule has 2 N–H and O–H groups in total. The summed E-state index contributed by atoms with van der Waals surface area (Å²) in [5, 5.41) is 5.19. The van der Waals surface area contributed by atoms with E-state index < -0.39 is 11.7 Å². The first kappa shape index (κ1) is 17.1. The summed E-state index contributed by atoms with van der Waals surface area (Å²) in [5.74, 6) is -1.59. The highest BCUT2D eigenvalue weighted by Crippen LogP contribution is 2.22. The predicted octanol–water partition coefficient (Wildman–Crippen LogP) is 3.20. The highest BCUT2D eigenvalue weighted by atomic mass is 79.9. The number of nitrogens with one attached hydrogen (secondary N) is 2. The molecule has 0 fully saturated rings. The molecule has 0 spiro atoms. The molecule has 0 aromatic heterocycles. The van der Waals surface area contributed by atoms with E-state index in [1.54, 1.807) is 6.07 Å². The minimum atomic E-state index is -0.619. The van der Waals surface area contributed by atoms with Crippen molar-refractivity contribution in [2.24, 2.45) is 0 Å². The second kappa shape index (κ2) is 7.87. The maximum Gasteiger partial charge on any atom is 0.254 e. The first-order valence-corrected chi connectivity index (χ1v) is 7.85. The van der Waals surface area contributed by atoms with Crippen LogP contribution in [0.5, 0.6) is 0 Å². The smallest absolute Gasteiger partial charge is 0.254 e. The molecule has 2 amide bonds. The van der Waals surface area contributed by atoms with Crippen LogP contribution in [0.2, 0.25) is 0 Å². The Hall–Kier alpha value is -2.21. The molecular formula is C17H16BrFN2O2. The van der Waals surface area contributed by atoms with Gasteiger partial charge in [0.05, 0.1) is 18.2 Å². The van der Waals surface area contributed by atoms with Crippen molar-refractivity contribution in [2.45, 2.75) is 13.0 Å². The molecule has 0 aliphatic carbocycles. The van der Waals surface area contributed by atoms with Crippen molar-refractivity contribution in [3.8, 4) is 0 Å². The molecule has 23 heavy (non-hydrogen) atoms. The molecule has 0 aliphatic rings.